The van der Waals surface area contributed by atoms with Crippen LogP contribution in [0, 0.1) is 0 Å². The molecule has 0 spiro atoms. The third-order valence-corrected chi connectivity index (χ3v) is 5.22. The Morgan fingerprint density at radius 2 is 2.12 bits per heavy atom. The summed E-state index contributed by atoms with van der Waals surface area (Å²) in [6.07, 6.45) is 8.41. The van der Waals surface area contributed by atoms with Crippen LogP contribution >= 0.6 is 11.3 Å². The van der Waals surface area contributed by atoms with E-state index in [1.54, 1.807) is 29.7 Å². The number of thiazole rings is 1. The van der Waals surface area contributed by atoms with E-state index in [9.17, 15) is 5.11 Å². The van der Waals surface area contributed by atoms with Crippen LogP contribution in [-0.4, -0.2) is 30.5 Å². The number of hydrogen-bond donors (Lipinski definition) is 2. The predicted molar refractivity (Wildman–Crippen MR) is 105 cm³/mol. The van der Waals surface area contributed by atoms with Crippen molar-refractivity contribution in [2.75, 3.05) is 5.32 Å². The predicted octanol–water partition coefficient (Wildman–Crippen LogP) is 4.44. The molecule has 1 aromatic carbocycles. The van der Waals surface area contributed by atoms with Crippen LogP contribution < -0.4 is 5.32 Å². The number of aromatic hydroxyl groups is 1. The number of phenolic OH excluding ortho intramolecular Hbond substituents is 1. The van der Waals surface area contributed by atoms with Gasteiger partial charge in [-0.05, 0) is 25.5 Å². The number of hydrogen-bond acceptors (Lipinski definition) is 6. The Hall–Kier alpha value is -2.93. The minimum absolute atomic E-state index is 0.186. The van der Waals surface area contributed by atoms with Crippen molar-refractivity contribution in [3.63, 3.8) is 0 Å². The molecule has 132 valence electrons. The van der Waals surface area contributed by atoms with Crippen LogP contribution in [0.3, 0.4) is 0 Å². The smallest absolute Gasteiger partial charge is 0.183 e. The summed E-state index contributed by atoms with van der Waals surface area (Å²) in [6.45, 7) is 4.27. The number of para-hydroxylation sites is 1. The zero-order valence-electron chi connectivity index (χ0n) is 14.5. The summed E-state index contributed by atoms with van der Waals surface area (Å²) in [5.41, 5.74) is 2.81. The van der Waals surface area contributed by atoms with Gasteiger partial charge in [-0.3, -0.25) is 0 Å². The second kappa shape index (κ2) is 6.76. The lowest BCUT2D eigenvalue weighted by atomic mass is 10.1. The van der Waals surface area contributed by atoms with Gasteiger partial charge in [0.2, 0.25) is 0 Å². The second-order valence-corrected chi connectivity index (χ2v) is 7.16. The molecule has 0 aliphatic carbocycles. The molecule has 0 fully saturated rings. The van der Waals surface area contributed by atoms with Gasteiger partial charge in [-0.15, -0.1) is 0 Å². The van der Waals surface area contributed by atoms with E-state index in [0.29, 0.717) is 22.9 Å². The van der Waals surface area contributed by atoms with E-state index in [1.165, 1.54) is 0 Å². The van der Waals surface area contributed by atoms with Crippen LogP contribution in [0.2, 0.25) is 0 Å². The quantitative estimate of drug-likeness (QED) is 0.547. The normalized spacial score (nSPS) is 12.4. The third-order valence-electron chi connectivity index (χ3n) is 4.27. The minimum Gasteiger partial charge on any atom is -0.507 e. The summed E-state index contributed by atoms with van der Waals surface area (Å²) in [6, 6.07) is 7.54. The van der Waals surface area contributed by atoms with Crippen molar-refractivity contribution in [2.24, 2.45) is 0 Å². The Bertz CT molecular complexity index is 1050. The SMILES string of the molecule is CC[C@@H](C)Nc1ncc(-c2cn3ccnc3c(-c3ccccc3O)n2)s1. The Labute approximate surface area is 155 Å². The highest BCUT2D eigenvalue weighted by Gasteiger charge is 2.15. The average Bonchev–Trinajstić information content (AvgIpc) is 3.30. The van der Waals surface area contributed by atoms with Crippen LogP contribution in [0.15, 0.2) is 49.1 Å². The number of fused-ring (bicyclic) bond motifs is 1. The second-order valence-electron chi connectivity index (χ2n) is 6.13. The van der Waals surface area contributed by atoms with Crippen molar-refractivity contribution < 1.29 is 5.11 Å². The fourth-order valence-corrected chi connectivity index (χ4v) is 3.56. The van der Waals surface area contributed by atoms with Crippen LogP contribution in [0.5, 0.6) is 5.75 Å². The fourth-order valence-electron chi connectivity index (χ4n) is 2.68. The van der Waals surface area contributed by atoms with E-state index >= 15 is 0 Å². The molecule has 3 heterocycles. The molecule has 1 atom stereocenters. The number of phenols is 1. The number of nitrogens with one attached hydrogen (secondary N) is 1. The van der Waals surface area contributed by atoms with Gasteiger partial charge < -0.3 is 14.8 Å². The van der Waals surface area contributed by atoms with E-state index in [1.807, 2.05) is 35.1 Å². The lowest BCUT2D eigenvalue weighted by molar-refractivity contribution is 0.477. The molecule has 0 saturated heterocycles. The van der Waals surface area contributed by atoms with E-state index in [-0.39, 0.29) is 5.75 Å². The summed E-state index contributed by atoms with van der Waals surface area (Å²) in [5.74, 6) is 0.186. The Balaban J connectivity index is 1.81. The lowest BCUT2D eigenvalue weighted by Crippen LogP contribution is -2.12. The lowest BCUT2D eigenvalue weighted by Gasteiger charge is -2.09. The summed E-state index contributed by atoms with van der Waals surface area (Å²) in [5, 5.41) is 14.5. The van der Waals surface area contributed by atoms with Gasteiger partial charge >= 0.3 is 0 Å². The zero-order chi connectivity index (χ0) is 18.1. The highest BCUT2D eigenvalue weighted by atomic mass is 32.1. The van der Waals surface area contributed by atoms with Gasteiger partial charge in [-0.1, -0.05) is 30.4 Å². The largest absolute Gasteiger partial charge is 0.507 e. The molecule has 7 heteroatoms. The topological polar surface area (TPSA) is 75.3 Å². The van der Waals surface area contributed by atoms with Crippen molar-refractivity contribution >= 4 is 22.1 Å². The maximum absolute atomic E-state index is 10.3. The highest BCUT2D eigenvalue weighted by Crippen LogP contribution is 2.34. The molecule has 0 amide bonds. The molecule has 26 heavy (non-hydrogen) atoms. The van der Waals surface area contributed by atoms with Crippen molar-refractivity contribution in [1.29, 1.82) is 0 Å². The first-order chi connectivity index (χ1) is 12.7. The number of nitrogens with zero attached hydrogens (tertiary/aromatic N) is 4. The van der Waals surface area contributed by atoms with E-state index in [2.05, 4.69) is 29.1 Å². The number of benzene rings is 1. The van der Waals surface area contributed by atoms with Gasteiger partial charge in [0.1, 0.15) is 11.4 Å². The maximum atomic E-state index is 10.3. The zero-order valence-corrected chi connectivity index (χ0v) is 15.4. The molecule has 0 unspecified atom stereocenters. The van der Waals surface area contributed by atoms with Crippen molar-refractivity contribution in [3.05, 3.63) is 49.1 Å². The van der Waals surface area contributed by atoms with Crippen molar-refractivity contribution in [1.82, 2.24) is 19.4 Å². The first-order valence-corrected chi connectivity index (χ1v) is 9.32. The summed E-state index contributed by atoms with van der Waals surface area (Å²) in [7, 11) is 0. The van der Waals surface area contributed by atoms with Gasteiger partial charge in [0, 0.05) is 36.4 Å². The Morgan fingerprint density at radius 3 is 2.92 bits per heavy atom. The van der Waals surface area contributed by atoms with Crippen LogP contribution in [0.4, 0.5) is 5.13 Å². The van der Waals surface area contributed by atoms with E-state index in [4.69, 9.17) is 4.98 Å². The van der Waals surface area contributed by atoms with Crippen LogP contribution in [0.1, 0.15) is 20.3 Å². The fraction of sp³-hybridized carbons (Fsp3) is 0.211. The van der Waals surface area contributed by atoms with Crippen LogP contribution in [0.25, 0.3) is 27.5 Å². The van der Waals surface area contributed by atoms with Gasteiger partial charge in [0.15, 0.2) is 10.8 Å². The molecule has 0 aliphatic heterocycles. The number of rotatable bonds is 5. The molecule has 0 bridgehead atoms. The van der Waals surface area contributed by atoms with Gasteiger partial charge in [-0.25, -0.2) is 15.0 Å². The third kappa shape index (κ3) is 3.01. The van der Waals surface area contributed by atoms with Crippen molar-refractivity contribution in [3.8, 4) is 27.6 Å². The molecule has 3 aromatic heterocycles. The number of imidazole rings is 1. The molecular weight excluding hydrogens is 346 g/mol. The molecule has 0 saturated carbocycles. The summed E-state index contributed by atoms with van der Waals surface area (Å²) < 4.78 is 1.92. The van der Waals surface area contributed by atoms with E-state index in [0.717, 1.165) is 22.1 Å². The Morgan fingerprint density at radius 1 is 1.27 bits per heavy atom. The minimum atomic E-state index is 0.186. The molecule has 4 aromatic rings. The number of aromatic nitrogens is 4. The van der Waals surface area contributed by atoms with Crippen molar-refractivity contribution in [2.45, 2.75) is 26.3 Å². The standard InChI is InChI=1S/C19H19N5OS/c1-3-12(2)22-19-21-10-16(26-19)14-11-24-9-8-20-18(24)17(23-14)13-6-4-5-7-15(13)25/h4-12,25H,3H2,1-2H3,(H,21,22)/t12-/m1/s1. The highest BCUT2D eigenvalue weighted by molar-refractivity contribution is 7.18. The molecule has 2 N–H and O–H groups in total. The van der Waals surface area contributed by atoms with Gasteiger partial charge in [-0.2, -0.15) is 0 Å². The first kappa shape index (κ1) is 16.5. The first-order valence-electron chi connectivity index (χ1n) is 8.50. The monoisotopic (exact) mass is 365 g/mol. The van der Waals surface area contributed by atoms with Gasteiger partial charge in [0.05, 0.1) is 10.6 Å². The molecule has 0 aliphatic rings. The molecule has 0 radical (unpaired) electrons. The number of anilines is 1. The average molecular weight is 365 g/mol. The molecular formula is C19H19N5OS. The maximum Gasteiger partial charge on any atom is 0.183 e. The van der Waals surface area contributed by atoms with E-state index < -0.39 is 0 Å². The molecule has 6 nitrogen and oxygen atoms in total. The Kier molecular flexibility index (Phi) is 4.30. The van der Waals surface area contributed by atoms with Crippen LogP contribution in [-0.2, 0) is 0 Å². The summed E-state index contributed by atoms with van der Waals surface area (Å²) >= 11 is 1.57. The molecule has 4 rings (SSSR count). The summed E-state index contributed by atoms with van der Waals surface area (Å²) in [4.78, 5) is 14.6. The van der Waals surface area contributed by atoms with Gasteiger partial charge in [0.25, 0.3) is 0 Å².